The predicted octanol–water partition coefficient (Wildman–Crippen LogP) is 2.24. The molecule has 7 heteroatoms. The van der Waals surface area contributed by atoms with Crippen LogP contribution in [0.5, 0.6) is 0 Å². The molecule has 0 heterocycles. The third-order valence-corrected chi connectivity index (χ3v) is 4.89. The van der Waals surface area contributed by atoms with Crippen molar-refractivity contribution in [1.29, 1.82) is 0 Å². The van der Waals surface area contributed by atoms with Crippen LogP contribution in [-0.2, 0) is 10.8 Å². The van der Waals surface area contributed by atoms with Crippen molar-refractivity contribution in [2.45, 2.75) is 36.6 Å². The largest absolute Gasteiger partial charge is 0.396 e. The number of carbonyl (C=O) groups is 1. The number of aliphatic hydroxyl groups excluding tert-OH is 1. The van der Waals surface area contributed by atoms with Crippen molar-refractivity contribution in [2.24, 2.45) is 5.92 Å². The number of anilines is 1. The third kappa shape index (κ3) is 4.51. The van der Waals surface area contributed by atoms with Gasteiger partial charge in [0.15, 0.2) is 0 Å². The van der Waals surface area contributed by atoms with E-state index in [9.17, 15) is 13.4 Å². The normalized spacial score (nSPS) is 22.9. The molecule has 2 amide bonds. The smallest absolute Gasteiger partial charge is 0.319 e. The van der Waals surface area contributed by atoms with Crippen LogP contribution in [-0.4, -0.2) is 34.3 Å². The van der Waals surface area contributed by atoms with E-state index >= 15 is 0 Å². The average Bonchev–Trinajstić information content (AvgIpc) is 2.47. The Morgan fingerprint density at radius 3 is 2.59 bits per heavy atom. The number of hydrogen-bond donors (Lipinski definition) is 3. The molecule has 0 aromatic heterocycles. The van der Waals surface area contributed by atoms with Gasteiger partial charge in [-0.1, -0.05) is 0 Å². The van der Waals surface area contributed by atoms with Crippen molar-refractivity contribution in [2.75, 3.05) is 18.2 Å². The Balaban J connectivity index is 1.87. The second-order valence-corrected chi connectivity index (χ2v) is 6.95. The number of carbonyl (C=O) groups excluding carboxylic acids is 1. The minimum absolute atomic E-state index is 0.0788. The van der Waals surface area contributed by atoms with E-state index in [1.807, 2.05) is 0 Å². The molecule has 122 valence electrons. The highest BCUT2D eigenvalue weighted by molar-refractivity contribution is 7.84. The van der Waals surface area contributed by atoms with Gasteiger partial charge < -0.3 is 15.7 Å². The van der Waals surface area contributed by atoms with Crippen molar-refractivity contribution in [3.05, 3.63) is 24.0 Å². The van der Waals surface area contributed by atoms with E-state index in [0.29, 0.717) is 11.6 Å². The van der Waals surface area contributed by atoms with Crippen LogP contribution in [0.15, 0.2) is 23.1 Å². The molecular formula is C15H21FN2O3S. The van der Waals surface area contributed by atoms with Crippen molar-refractivity contribution >= 4 is 22.5 Å². The summed E-state index contributed by atoms with van der Waals surface area (Å²) >= 11 is 0. The number of nitrogens with one attached hydrogen (secondary N) is 2. The first kappa shape index (κ1) is 16.9. The quantitative estimate of drug-likeness (QED) is 0.793. The van der Waals surface area contributed by atoms with Crippen molar-refractivity contribution in [3.63, 3.8) is 0 Å². The molecule has 22 heavy (non-hydrogen) atoms. The van der Waals surface area contributed by atoms with Crippen LogP contribution in [0.3, 0.4) is 0 Å². The first-order valence-electron chi connectivity index (χ1n) is 7.31. The molecule has 1 aliphatic rings. The highest BCUT2D eigenvalue weighted by Crippen LogP contribution is 2.24. The summed E-state index contributed by atoms with van der Waals surface area (Å²) in [4.78, 5) is 12.0. The zero-order chi connectivity index (χ0) is 16.1. The Labute approximate surface area is 131 Å². The van der Waals surface area contributed by atoms with Crippen LogP contribution in [0.25, 0.3) is 0 Å². The molecule has 1 atom stereocenters. The van der Waals surface area contributed by atoms with E-state index in [2.05, 4.69) is 10.6 Å². The number of benzene rings is 1. The predicted molar refractivity (Wildman–Crippen MR) is 83.7 cm³/mol. The Morgan fingerprint density at radius 2 is 2.05 bits per heavy atom. The van der Waals surface area contributed by atoms with Gasteiger partial charge in [0.1, 0.15) is 5.82 Å². The van der Waals surface area contributed by atoms with Crippen molar-refractivity contribution in [3.8, 4) is 0 Å². The van der Waals surface area contributed by atoms with Gasteiger partial charge >= 0.3 is 6.03 Å². The molecule has 0 spiro atoms. The summed E-state index contributed by atoms with van der Waals surface area (Å²) in [7, 11) is -1.40. The number of halogens is 1. The fraction of sp³-hybridized carbons (Fsp3) is 0.533. The lowest BCUT2D eigenvalue weighted by atomic mass is 9.87. The van der Waals surface area contributed by atoms with Crippen LogP contribution >= 0.6 is 0 Å². The minimum Gasteiger partial charge on any atom is -0.396 e. The van der Waals surface area contributed by atoms with Gasteiger partial charge in [-0.15, -0.1) is 0 Å². The highest BCUT2D eigenvalue weighted by atomic mass is 32.2. The van der Waals surface area contributed by atoms with E-state index in [-0.39, 0.29) is 23.6 Å². The van der Waals surface area contributed by atoms with Gasteiger partial charge in [0, 0.05) is 24.6 Å². The molecule has 1 aromatic carbocycles. The number of amides is 2. The number of hydrogen-bond acceptors (Lipinski definition) is 3. The lowest BCUT2D eigenvalue weighted by Gasteiger charge is -2.27. The Morgan fingerprint density at radius 1 is 1.36 bits per heavy atom. The topological polar surface area (TPSA) is 78.4 Å². The molecule has 3 N–H and O–H groups in total. The third-order valence-electron chi connectivity index (χ3n) is 3.94. The minimum atomic E-state index is -1.40. The van der Waals surface area contributed by atoms with Gasteiger partial charge in [0.25, 0.3) is 0 Å². The fourth-order valence-electron chi connectivity index (χ4n) is 2.65. The standard InChI is InChI=1S/C15H21FN2O3S/c1-22(21)14-7-6-12(8-13(14)16)18-15(20)17-11-4-2-10(9-19)3-5-11/h6-8,10-11,19H,2-5,9H2,1H3,(H2,17,18,20). The van der Waals surface area contributed by atoms with Gasteiger partial charge in [-0.2, -0.15) is 0 Å². The van der Waals surface area contributed by atoms with Crippen LogP contribution in [0.2, 0.25) is 0 Å². The van der Waals surface area contributed by atoms with Gasteiger partial charge in [0.2, 0.25) is 0 Å². The molecule has 0 radical (unpaired) electrons. The first-order chi connectivity index (χ1) is 10.5. The SMILES string of the molecule is CS(=O)c1ccc(NC(=O)NC2CCC(CO)CC2)cc1F. The van der Waals surface area contributed by atoms with E-state index in [4.69, 9.17) is 5.11 Å². The fourth-order valence-corrected chi connectivity index (χ4v) is 3.25. The molecule has 0 saturated heterocycles. The van der Waals surface area contributed by atoms with Gasteiger partial charge in [-0.05, 0) is 49.8 Å². The van der Waals surface area contributed by atoms with Gasteiger partial charge in [-0.25, -0.2) is 9.18 Å². The zero-order valence-electron chi connectivity index (χ0n) is 12.5. The molecule has 0 aliphatic heterocycles. The van der Waals surface area contributed by atoms with Crippen LogP contribution in [0.4, 0.5) is 14.9 Å². The molecule has 1 saturated carbocycles. The number of aliphatic hydroxyl groups is 1. The van der Waals surface area contributed by atoms with E-state index in [1.165, 1.54) is 24.5 Å². The second kappa shape index (κ2) is 7.69. The van der Waals surface area contributed by atoms with Crippen LogP contribution < -0.4 is 10.6 Å². The maximum Gasteiger partial charge on any atom is 0.319 e. The lowest BCUT2D eigenvalue weighted by molar-refractivity contribution is 0.176. The molecule has 1 fully saturated rings. The summed E-state index contributed by atoms with van der Waals surface area (Å²) in [6.07, 6.45) is 4.86. The number of rotatable bonds is 4. The van der Waals surface area contributed by atoms with E-state index < -0.39 is 16.6 Å². The Kier molecular flexibility index (Phi) is 5.90. The Hall–Kier alpha value is -1.47. The van der Waals surface area contributed by atoms with Crippen LogP contribution in [0.1, 0.15) is 25.7 Å². The van der Waals surface area contributed by atoms with Gasteiger partial charge in [-0.3, -0.25) is 4.21 Å². The average molecular weight is 328 g/mol. The van der Waals surface area contributed by atoms with E-state index in [0.717, 1.165) is 25.7 Å². The monoisotopic (exact) mass is 328 g/mol. The lowest BCUT2D eigenvalue weighted by Crippen LogP contribution is -2.40. The van der Waals surface area contributed by atoms with Gasteiger partial charge in [0.05, 0.1) is 15.7 Å². The van der Waals surface area contributed by atoms with Crippen molar-refractivity contribution < 1.29 is 18.5 Å². The molecular weight excluding hydrogens is 307 g/mol. The second-order valence-electron chi connectivity index (χ2n) is 5.60. The van der Waals surface area contributed by atoms with Crippen LogP contribution in [0, 0.1) is 11.7 Å². The molecule has 2 rings (SSSR count). The molecule has 5 nitrogen and oxygen atoms in total. The van der Waals surface area contributed by atoms with E-state index in [1.54, 1.807) is 0 Å². The molecule has 1 unspecified atom stereocenters. The molecule has 1 aliphatic carbocycles. The maximum atomic E-state index is 13.7. The highest BCUT2D eigenvalue weighted by Gasteiger charge is 2.21. The maximum absolute atomic E-state index is 13.7. The summed E-state index contributed by atoms with van der Waals surface area (Å²) in [6, 6.07) is 3.81. The summed E-state index contributed by atoms with van der Waals surface area (Å²) in [5.74, 6) is -0.264. The summed E-state index contributed by atoms with van der Waals surface area (Å²) in [5, 5.41) is 14.5. The molecule has 0 bridgehead atoms. The Bertz CT molecular complexity index is 560. The zero-order valence-corrected chi connectivity index (χ0v) is 13.3. The number of urea groups is 1. The summed E-state index contributed by atoms with van der Waals surface area (Å²) < 4.78 is 25.0. The van der Waals surface area contributed by atoms with Crippen molar-refractivity contribution in [1.82, 2.24) is 5.32 Å². The summed E-state index contributed by atoms with van der Waals surface area (Å²) in [5.41, 5.74) is 0.327. The summed E-state index contributed by atoms with van der Waals surface area (Å²) in [6.45, 7) is 0.198. The first-order valence-corrected chi connectivity index (χ1v) is 8.86. The molecule has 1 aromatic rings.